The number of rotatable bonds is 5. The fourth-order valence-electron chi connectivity index (χ4n) is 3.11. The van der Waals surface area contributed by atoms with Gasteiger partial charge in [-0.05, 0) is 44.5 Å². The summed E-state index contributed by atoms with van der Waals surface area (Å²) >= 11 is 6.00. The predicted octanol–water partition coefficient (Wildman–Crippen LogP) is 2.01. The lowest BCUT2D eigenvalue weighted by molar-refractivity contribution is -0.182. The fourth-order valence-corrected chi connectivity index (χ4v) is 3.33. The minimum atomic E-state index is -0.662. The Kier molecular flexibility index (Phi) is 5.32. The number of nitrogens with two attached hydrogens (primary N) is 1. The number of carbonyl (C=O) groups is 2. The number of benzene rings is 1. The molecular weight excluding hydrogens is 316 g/mol. The summed E-state index contributed by atoms with van der Waals surface area (Å²) in [5.41, 5.74) is 5.90. The molecule has 1 saturated heterocycles. The molecule has 0 saturated carbocycles. The van der Waals surface area contributed by atoms with E-state index in [9.17, 15) is 9.59 Å². The Balaban J connectivity index is 2.29. The van der Waals surface area contributed by atoms with Gasteiger partial charge in [-0.15, -0.1) is 0 Å². The number of nitrogens with zero attached hydrogens (tertiary/aromatic N) is 1. The molecule has 1 aromatic rings. The summed E-state index contributed by atoms with van der Waals surface area (Å²) in [7, 11) is 0. The fraction of sp³-hybridized carbons (Fsp3) is 0.529. The number of hydrogen-bond donors (Lipinski definition) is 1. The van der Waals surface area contributed by atoms with E-state index >= 15 is 0 Å². The molecule has 2 unspecified atom stereocenters. The number of esters is 1. The molecule has 0 radical (unpaired) electrons. The van der Waals surface area contributed by atoms with E-state index in [1.165, 1.54) is 0 Å². The smallest absolute Gasteiger partial charge is 0.324 e. The molecule has 1 aliphatic heterocycles. The topological polar surface area (TPSA) is 72.6 Å². The molecule has 0 aromatic heterocycles. The van der Waals surface area contributed by atoms with Gasteiger partial charge in [-0.25, -0.2) is 0 Å². The highest BCUT2D eigenvalue weighted by Gasteiger charge is 2.45. The highest BCUT2D eigenvalue weighted by Crippen LogP contribution is 2.28. The number of primary amides is 1. The van der Waals surface area contributed by atoms with Crippen LogP contribution in [0, 0.1) is 5.92 Å². The molecule has 0 bridgehead atoms. The predicted molar refractivity (Wildman–Crippen MR) is 89.0 cm³/mol. The van der Waals surface area contributed by atoms with Crippen molar-refractivity contribution in [2.24, 2.45) is 11.7 Å². The number of halogens is 1. The van der Waals surface area contributed by atoms with Crippen LogP contribution in [-0.2, 0) is 20.7 Å². The number of morpholine rings is 1. The molecule has 126 valence electrons. The first-order valence-electron chi connectivity index (χ1n) is 7.74. The van der Waals surface area contributed by atoms with E-state index in [0.29, 0.717) is 24.5 Å². The maximum Gasteiger partial charge on any atom is 0.324 e. The first-order chi connectivity index (χ1) is 10.7. The molecule has 5 nitrogen and oxygen atoms in total. The number of ether oxygens (including phenoxy) is 1. The highest BCUT2D eigenvalue weighted by molar-refractivity contribution is 6.30. The zero-order chi connectivity index (χ0) is 17.2. The number of amides is 1. The monoisotopic (exact) mass is 338 g/mol. The molecule has 1 aromatic carbocycles. The number of cyclic esters (lactones) is 1. The van der Waals surface area contributed by atoms with Crippen LogP contribution < -0.4 is 5.73 Å². The van der Waals surface area contributed by atoms with Gasteiger partial charge in [0, 0.05) is 11.6 Å². The molecule has 1 fully saturated rings. The SMILES string of the molecule is CCN1CC(C)(C)OC(=O)C1C(Cc1cccc(Cl)c1)C(N)=O. The third-order valence-electron chi connectivity index (χ3n) is 4.09. The summed E-state index contributed by atoms with van der Waals surface area (Å²) in [6.07, 6.45) is 0.354. The summed E-state index contributed by atoms with van der Waals surface area (Å²) in [5.74, 6) is -1.56. The maximum absolute atomic E-state index is 12.5. The van der Waals surface area contributed by atoms with Crippen LogP contribution in [0.2, 0.25) is 5.02 Å². The first kappa shape index (κ1) is 17.8. The van der Waals surface area contributed by atoms with Crippen LogP contribution in [0.4, 0.5) is 0 Å². The quantitative estimate of drug-likeness (QED) is 0.833. The zero-order valence-electron chi connectivity index (χ0n) is 13.7. The van der Waals surface area contributed by atoms with Gasteiger partial charge in [0.05, 0.1) is 5.92 Å². The second kappa shape index (κ2) is 6.89. The van der Waals surface area contributed by atoms with Gasteiger partial charge in [0.2, 0.25) is 5.91 Å². The minimum Gasteiger partial charge on any atom is -0.457 e. The molecular formula is C17H23ClN2O3. The molecule has 6 heteroatoms. The summed E-state index contributed by atoms with van der Waals surface area (Å²) < 4.78 is 5.50. The second-order valence-corrected chi connectivity index (χ2v) is 6.97. The lowest BCUT2D eigenvalue weighted by Crippen LogP contribution is -2.61. The molecule has 0 aliphatic carbocycles. The van der Waals surface area contributed by atoms with Gasteiger partial charge in [-0.3, -0.25) is 14.5 Å². The maximum atomic E-state index is 12.5. The van der Waals surface area contributed by atoms with Gasteiger partial charge in [0.25, 0.3) is 0 Å². The third kappa shape index (κ3) is 4.24. The van der Waals surface area contributed by atoms with Crippen molar-refractivity contribution in [2.45, 2.75) is 38.8 Å². The Hall–Kier alpha value is -1.59. The minimum absolute atomic E-state index is 0.354. The molecule has 0 spiro atoms. The average molecular weight is 339 g/mol. The molecule has 2 rings (SSSR count). The van der Waals surface area contributed by atoms with Crippen LogP contribution >= 0.6 is 11.6 Å². The van der Waals surface area contributed by atoms with Crippen molar-refractivity contribution < 1.29 is 14.3 Å². The van der Waals surface area contributed by atoms with Crippen LogP contribution in [0.15, 0.2) is 24.3 Å². The molecule has 2 atom stereocenters. The second-order valence-electron chi connectivity index (χ2n) is 6.53. The molecule has 1 heterocycles. The summed E-state index contributed by atoms with van der Waals surface area (Å²) in [6.45, 7) is 6.89. The summed E-state index contributed by atoms with van der Waals surface area (Å²) in [4.78, 5) is 26.5. The van der Waals surface area contributed by atoms with Crippen molar-refractivity contribution in [1.29, 1.82) is 0 Å². The van der Waals surface area contributed by atoms with Crippen molar-refractivity contribution >= 4 is 23.5 Å². The third-order valence-corrected chi connectivity index (χ3v) is 4.33. The van der Waals surface area contributed by atoms with Crippen LogP contribution in [0.3, 0.4) is 0 Å². The molecule has 1 amide bonds. The number of carbonyl (C=O) groups excluding carboxylic acids is 2. The average Bonchev–Trinajstić information content (AvgIpc) is 2.43. The van der Waals surface area contributed by atoms with Gasteiger partial charge in [0.1, 0.15) is 11.6 Å². The van der Waals surface area contributed by atoms with E-state index in [1.54, 1.807) is 12.1 Å². The van der Waals surface area contributed by atoms with E-state index in [4.69, 9.17) is 22.1 Å². The Morgan fingerprint density at radius 3 is 2.78 bits per heavy atom. The van der Waals surface area contributed by atoms with Crippen molar-refractivity contribution in [3.05, 3.63) is 34.9 Å². The van der Waals surface area contributed by atoms with Gasteiger partial charge >= 0.3 is 5.97 Å². The van der Waals surface area contributed by atoms with E-state index in [1.807, 2.05) is 37.8 Å². The Morgan fingerprint density at radius 1 is 1.52 bits per heavy atom. The van der Waals surface area contributed by atoms with Crippen molar-refractivity contribution in [2.75, 3.05) is 13.1 Å². The van der Waals surface area contributed by atoms with Gasteiger partial charge < -0.3 is 10.5 Å². The standard InChI is InChI=1S/C17H23ClN2O3/c1-4-20-10-17(2,3)23-16(22)14(20)13(15(19)21)9-11-6-5-7-12(18)8-11/h5-8,13-14H,4,9-10H2,1-3H3,(H2,19,21). The summed E-state index contributed by atoms with van der Waals surface area (Å²) in [6, 6.07) is 6.57. The Labute approximate surface area is 141 Å². The van der Waals surface area contributed by atoms with E-state index in [-0.39, 0.29) is 0 Å². The van der Waals surface area contributed by atoms with E-state index in [0.717, 1.165) is 5.56 Å². The Bertz CT molecular complexity index is 603. The van der Waals surface area contributed by atoms with Crippen molar-refractivity contribution in [3.63, 3.8) is 0 Å². The zero-order valence-corrected chi connectivity index (χ0v) is 14.5. The van der Waals surface area contributed by atoms with E-state index in [2.05, 4.69) is 0 Å². The summed E-state index contributed by atoms with van der Waals surface area (Å²) in [5, 5.41) is 0.588. The molecule has 2 N–H and O–H groups in total. The number of hydrogen-bond acceptors (Lipinski definition) is 4. The molecule has 23 heavy (non-hydrogen) atoms. The Morgan fingerprint density at radius 2 is 2.22 bits per heavy atom. The van der Waals surface area contributed by atoms with Gasteiger partial charge in [-0.1, -0.05) is 30.7 Å². The normalized spacial score (nSPS) is 22.4. The van der Waals surface area contributed by atoms with Crippen LogP contribution in [0.25, 0.3) is 0 Å². The lowest BCUT2D eigenvalue weighted by Gasteiger charge is -2.44. The largest absolute Gasteiger partial charge is 0.457 e. The number of likely N-dealkylation sites (N-methyl/N-ethyl adjacent to an activating group) is 1. The van der Waals surface area contributed by atoms with E-state index < -0.39 is 29.4 Å². The lowest BCUT2D eigenvalue weighted by atomic mass is 9.88. The van der Waals surface area contributed by atoms with Gasteiger partial charge in [-0.2, -0.15) is 0 Å². The highest BCUT2D eigenvalue weighted by atomic mass is 35.5. The van der Waals surface area contributed by atoms with Crippen LogP contribution in [-0.4, -0.2) is 41.5 Å². The van der Waals surface area contributed by atoms with Crippen LogP contribution in [0.5, 0.6) is 0 Å². The first-order valence-corrected chi connectivity index (χ1v) is 8.12. The van der Waals surface area contributed by atoms with Gasteiger partial charge in [0.15, 0.2) is 0 Å². The molecule has 1 aliphatic rings. The van der Waals surface area contributed by atoms with Crippen molar-refractivity contribution in [3.8, 4) is 0 Å². The van der Waals surface area contributed by atoms with Crippen molar-refractivity contribution in [1.82, 2.24) is 4.90 Å². The van der Waals surface area contributed by atoms with Crippen LogP contribution in [0.1, 0.15) is 26.3 Å².